The van der Waals surface area contributed by atoms with Crippen LogP contribution in [0.5, 0.6) is 0 Å². The lowest BCUT2D eigenvalue weighted by Crippen LogP contribution is -2.47. The Labute approximate surface area is 128 Å². The Kier molecular flexibility index (Phi) is 3.82. The number of aromatic nitrogens is 2. The van der Waals surface area contributed by atoms with E-state index in [-0.39, 0.29) is 30.9 Å². The zero-order valence-electron chi connectivity index (χ0n) is 12.5. The van der Waals surface area contributed by atoms with Crippen molar-refractivity contribution in [3.63, 3.8) is 0 Å². The molecule has 118 valence electrons. The molecule has 3 rings (SSSR count). The fraction of sp³-hybridized carbons (Fsp3) is 0.571. The van der Waals surface area contributed by atoms with Gasteiger partial charge in [-0.25, -0.2) is 4.79 Å². The predicted molar refractivity (Wildman–Crippen MR) is 76.9 cm³/mol. The molecule has 1 aromatic rings. The topological polar surface area (TPSA) is 87.5 Å². The third-order valence-electron chi connectivity index (χ3n) is 4.08. The molecule has 0 spiro atoms. The van der Waals surface area contributed by atoms with E-state index in [9.17, 15) is 14.4 Å². The summed E-state index contributed by atoms with van der Waals surface area (Å²) in [6.07, 6.45) is 5.62. The summed E-state index contributed by atoms with van der Waals surface area (Å²) in [5, 5.41) is 6.73. The van der Waals surface area contributed by atoms with Crippen molar-refractivity contribution in [2.75, 3.05) is 26.2 Å². The van der Waals surface area contributed by atoms with E-state index in [2.05, 4.69) is 10.4 Å². The number of hydrogen-bond acceptors (Lipinski definition) is 4. The minimum atomic E-state index is -0.491. The first-order valence-electron chi connectivity index (χ1n) is 7.41. The number of hydrogen-bond donors (Lipinski definition) is 1. The van der Waals surface area contributed by atoms with Crippen molar-refractivity contribution in [1.82, 2.24) is 24.9 Å². The fourth-order valence-corrected chi connectivity index (χ4v) is 2.88. The van der Waals surface area contributed by atoms with E-state index in [0.717, 1.165) is 23.3 Å². The quantitative estimate of drug-likeness (QED) is 0.790. The molecule has 2 aliphatic rings. The van der Waals surface area contributed by atoms with Crippen molar-refractivity contribution in [3.8, 4) is 0 Å². The first kappa shape index (κ1) is 14.6. The van der Waals surface area contributed by atoms with Gasteiger partial charge in [-0.3, -0.25) is 19.2 Å². The summed E-state index contributed by atoms with van der Waals surface area (Å²) in [6.45, 7) is 2.98. The predicted octanol–water partition coefficient (Wildman–Crippen LogP) is -0.0932. The van der Waals surface area contributed by atoms with Crippen LogP contribution >= 0.6 is 0 Å². The van der Waals surface area contributed by atoms with Gasteiger partial charge in [-0.05, 0) is 25.3 Å². The Morgan fingerprint density at radius 1 is 1.45 bits per heavy atom. The number of nitrogens with zero attached hydrogens (tertiary/aromatic N) is 4. The molecule has 4 amide bonds. The number of carbonyl (C=O) groups is 3. The monoisotopic (exact) mass is 305 g/mol. The van der Waals surface area contributed by atoms with Gasteiger partial charge in [0.15, 0.2) is 0 Å². The van der Waals surface area contributed by atoms with Gasteiger partial charge in [-0.1, -0.05) is 0 Å². The van der Waals surface area contributed by atoms with Crippen molar-refractivity contribution < 1.29 is 14.4 Å². The van der Waals surface area contributed by atoms with E-state index in [4.69, 9.17) is 0 Å². The van der Waals surface area contributed by atoms with Crippen molar-refractivity contribution >= 4 is 17.8 Å². The third-order valence-corrected chi connectivity index (χ3v) is 4.08. The maximum atomic E-state index is 12.3. The number of amides is 4. The Balaban J connectivity index is 1.63. The molecule has 1 atom stereocenters. The maximum Gasteiger partial charge on any atom is 0.325 e. The second-order valence-corrected chi connectivity index (χ2v) is 5.77. The average molecular weight is 305 g/mol. The van der Waals surface area contributed by atoms with E-state index < -0.39 is 6.03 Å². The van der Waals surface area contributed by atoms with Crippen molar-refractivity contribution in [2.24, 2.45) is 0 Å². The van der Waals surface area contributed by atoms with E-state index in [1.54, 1.807) is 11.1 Å². The molecule has 0 aliphatic carbocycles. The highest BCUT2D eigenvalue weighted by molar-refractivity contribution is 6.04. The molecule has 8 heteroatoms. The molecule has 2 aliphatic heterocycles. The highest BCUT2D eigenvalue weighted by Gasteiger charge is 2.33. The minimum absolute atomic E-state index is 0.0265. The number of nitrogens with one attached hydrogen (secondary N) is 1. The van der Waals surface area contributed by atoms with Gasteiger partial charge < -0.3 is 10.2 Å². The van der Waals surface area contributed by atoms with Crippen LogP contribution in [0.1, 0.15) is 24.4 Å². The second-order valence-electron chi connectivity index (χ2n) is 5.77. The summed E-state index contributed by atoms with van der Waals surface area (Å²) in [5.74, 6) is -0.548. The molecule has 0 aromatic carbocycles. The van der Waals surface area contributed by atoms with Crippen molar-refractivity contribution in [2.45, 2.75) is 25.8 Å². The van der Waals surface area contributed by atoms with Crippen LogP contribution in [-0.2, 0) is 9.59 Å². The summed E-state index contributed by atoms with van der Waals surface area (Å²) in [5.41, 5.74) is 1.09. The van der Waals surface area contributed by atoms with E-state index in [0.29, 0.717) is 13.1 Å². The summed E-state index contributed by atoms with van der Waals surface area (Å²) >= 11 is 0. The number of likely N-dealkylation sites (tertiary alicyclic amines) is 1. The summed E-state index contributed by atoms with van der Waals surface area (Å²) in [6, 6.07) is -0.343. The van der Waals surface area contributed by atoms with Gasteiger partial charge in [0, 0.05) is 19.3 Å². The van der Waals surface area contributed by atoms with Crippen LogP contribution in [0.15, 0.2) is 12.4 Å². The highest BCUT2D eigenvalue weighted by atomic mass is 16.2. The lowest BCUT2D eigenvalue weighted by Gasteiger charge is -2.33. The van der Waals surface area contributed by atoms with Crippen LogP contribution in [0, 0.1) is 6.92 Å². The fourth-order valence-electron chi connectivity index (χ4n) is 2.88. The normalized spacial score (nSPS) is 22.1. The van der Waals surface area contributed by atoms with Gasteiger partial charge in [0.25, 0.3) is 5.91 Å². The smallest absolute Gasteiger partial charge is 0.325 e. The average Bonchev–Trinajstić information content (AvgIpc) is 3.08. The second kappa shape index (κ2) is 5.78. The van der Waals surface area contributed by atoms with Gasteiger partial charge >= 0.3 is 6.03 Å². The molecule has 3 heterocycles. The molecule has 0 unspecified atom stereocenters. The van der Waals surface area contributed by atoms with Crippen molar-refractivity contribution in [3.05, 3.63) is 18.0 Å². The summed E-state index contributed by atoms with van der Waals surface area (Å²) in [7, 11) is 0. The van der Waals surface area contributed by atoms with Crippen LogP contribution in [0.25, 0.3) is 0 Å². The van der Waals surface area contributed by atoms with E-state index in [1.807, 2.05) is 17.8 Å². The van der Waals surface area contributed by atoms with Crippen molar-refractivity contribution in [1.29, 1.82) is 0 Å². The van der Waals surface area contributed by atoms with Gasteiger partial charge in [-0.2, -0.15) is 5.10 Å². The zero-order valence-corrected chi connectivity index (χ0v) is 12.5. The lowest BCUT2D eigenvalue weighted by atomic mass is 10.1. The SMILES string of the molecule is Cc1cnn([C@H]2CCCN(C(=O)CN3C(=O)CNC3=O)C2)c1. The van der Waals surface area contributed by atoms with Crippen LogP contribution in [0.2, 0.25) is 0 Å². The first-order valence-corrected chi connectivity index (χ1v) is 7.41. The Morgan fingerprint density at radius 2 is 2.27 bits per heavy atom. The molecule has 0 bridgehead atoms. The van der Waals surface area contributed by atoms with Gasteiger partial charge in [-0.15, -0.1) is 0 Å². The Bertz CT molecular complexity index is 595. The number of aryl methyl sites for hydroxylation is 1. The standard InChI is InChI=1S/C14H19N5O3/c1-10-5-16-19(7-10)11-3-2-4-17(8-11)13(21)9-18-12(20)6-15-14(18)22/h5,7,11H,2-4,6,8-9H2,1H3,(H,15,22)/t11-/m0/s1. The summed E-state index contributed by atoms with van der Waals surface area (Å²) in [4.78, 5) is 38.1. The van der Waals surface area contributed by atoms with Gasteiger partial charge in [0.1, 0.15) is 6.54 Å². The Hall–Kier alpha value is -2.38. The molecule has 8 nitrogen and oxygen atoms in total. The first-order chi connectivity index (χ1) is 10.5. The largest absolute Gasteiger partial charge is 0.339 e. The summed E-state index contributed by atoms with van der Waals surface area (Å²) < 4.78 is 1.89. The van der Waals surface area contributed by atoms with Crippen LogP contribution in [0.3, 0.4) is 0 Å². The molecule has 2 saturated heterocycles. The number of urea groups is 1. The molecule has 1 N–H and O–H groups in total. The number of imide groups is 1. The van der Waals surface area contributed by atoms with Crippen LogP contribution < -0.4 is 5.32 Å². The van der Waals surface area contributed by atoms with Crippen LogP contribution in [0.4, 0.5) is 4.79 Å². The molecule has 0 radical (unpaired) electrons. The molecular formula is C14H19N5O3. The molecule has 1 aromatic heterocycles. The molecule has 2 fully saturated rings. The molecule has 22 heavy (non-hydrogen) atoms. The third kappa shape index (κ3) is 2.81. The highest BCUT2D eigenvalue weighted by Crippen LogP contribution is 2.21. The number of rotatable bonds is 3. The van der Waals surface area contributed by atoms with Gasteiger partial charge in [0.2, 0.25) is 5.91 Å². The lowest BCUT2D eigenvalue weighted by molar-refractivity contribution is -0.137. The minimum Gasteiger partial charge on any atom is -0.339 e. The number of carbonyl (C=O) groups excluding carboxylic acids is 3. The molecule has 0 saturated carbocycles. The van der Waals surface area contributed by atoms with Gasteiger partial charge in [0.05, 0.1) is 18.8 Å². The number of piperidine rings is 1. The Morgan fingerprint density at radius 3 is 2.91 bits per heavy atom. The van der Waals surface area contributed by atoms with E-state index in [1.165, 1.54) is 0 Å². The van der Waals surface area contributed by atoms with E-state index >= 15 is 0 Å². The maximum absolute atomic E-state index is 12.3. The van der Waals surface area contributed by atoms with Crippen LogP contribution in [-0.4, -0.2) is 63.6 Å². The molecular weight excluding hydrogens is 286 g/mol. The zero-order chi connectivity index (χ0) is 15.7.